The molecule has 0 atom stereocenters. The van der Waals surface area contributed by atoms with E-state index in [1.165, 1.54) is 12.1 Å². The molecule has 5 heteroatoms. The summed E-state index contributed by atoms with van der Waals surface area (Å²) in [7, 11) is 0. The molecular weight excluding hydrogens is 230 g/mol. The lowest BCUT2D eigenvalue weighted by atomic mass is 10.1. The van der Waals surface area contributed by atoms with E-state index < -0.39 is 12.6 Å². The number of benzene rings is 2. The van der Waals surface area contributed by atoms with Crippen molar-refractivity contribution in [3.8, 4) is 5.75 Å². The van der Waals surface area contributed by atoms with Gasteiger partial charge in [0.05, 0.1) is 0 Å². The Morgan fingerprint density at radius 2 is 1.76 bits per heavy atom. The molecule has 2 aromatic rings. The van der Waals surface area contributed by atoms with Crippen molar-refractivity contribution in [2.45, 2.75) is 6.61 Å². The normalized spacial score (nSPS) is 10.8. The number of halogens is 2. The fourth-order valence-electron chi connectivity index (χ4n) is 1.58. The molecule has 0 unspecified atom stereocenters. The Hall–Kier alpha value is -2.17. The summed E-state index contributed by atoms with van der Waals surface area (Å²) in [5, 5.41) is 10.2. The van der Waals surface area contributed by atoms with Crippen LogP contribution in [0.15, 0.2) is 36.4 Å². The lowest BCUT2D eigenvalue weighted by molar-refractivity contribution is -0.0502. The van der Waals surface area contributed by atoms with E-state index in [9.17, 15) is 13.6 Å². The lowest BCUT2D eigenvalue weighted by Gasteiger charge is -2.09. The van der Waals surface area contributed by atoms with Crippen LogP contribution in [0.25, 0.3) is 10.8 Å². The predicted molar refractivity (Wildman–Crippen MR) is 57.5 cm³/mol. The summed E-state index contributed by atoms with van der Waals surface area (Å²) in [6, 6.07) is 9.48. The van der Waals surface area contributed by atoms with Crippen LogP contribution in [-0.2, 0) is 0 Å². The van der Waals surface area contributed by atoms with Gasteiger partial charge in [0.1, 0.15) is 11.3 Å². The largest absolute Gasteiger partial charge is 0.478 e. The van der Waals surface area contributed by atoms with E-state index in [0.717, 1.165) is 0 Å². The van der Waals surface area contributed by atoms with Crippen molar-refractivity contribution in [2.24, 2.45) is 0 Å². The number of fused-ring (bicyclic) bond motifs is 1. The van der Waals surface area contributed by atoms with E-state index in [1.807, 2.05) is 0 Å². The highest BCUT2D eigenvalue weighted by molar-refractivity contribution is 5.97. The van der Waals surface area contributed by atoms with Crippen LogP contribution in [0.1, 0.15) is 10.4 Å². The molecule has 0 aliphatic heterocycles. The standard InChI is InChI=1S/C12H8F2O3/c13-12(14)17-10-6-8-4-2-1-3-7(8)5-9(10)11(15)16/h1-6,12H,(H,15,16). The number of carbonyl (C=O) groups is 1. The molecule has 1 N–H and O–H groups in total. The summed E-state index contributed by atoms with van der Waals surface area (Å²) in [4.78, 5) is 10.9. The van der Waals surface area contributed by atoms with Gasteiger partial charge in [0, 0.05) is 0 Å². The summed E-state index contributed by atoms with van der Waals surface area (Å²) in [6.07, 6.45) is 0. The number of hydrogen-bond donors (Lipinski definition) is 1. The molecule has 0 fully saturated rings. The van der Waals surface area contributed by atoms with Gasteiger partial charge in [-0.2, -0.15) is 8.78 Å². The van der Waals surface area contributed by atoms with Gasteiger partial charge in [-0.3, -0.25) is 0 Å². The minimum absolute atomic E-state index is 0.274. The molecule has 2 rings (SSSR count). The summed E-state index contributed by atoms with van der Waals surface area (Å²) < 4.78 is 28.5. The Labute approximate surface area is 95.2 Å². The van der Waals surface area contributed by atoms with Crippen molar-refractivity contribution in [1.29, 1.82) is 0 Å². The molecule has 0 radical (unpaired) electrons. The predicted octanol–water partition coefficient (Wildman–Crippen LogP) is 3.14. The molecule has 0 amide bonds. The first-order valence-electron chi connectivity index (χ1n) is 4.79. The van der Waals surface area contributed by atoms with Gasteiger partial charge in [0.15, 0.2) is 0 Å². The zero-order valence-electron chi connectivity index (χ0n) is 8.56. The van der Waals surface area contributed by atoms with Crippen LogP contribution in [0.2, 0.25) is 0 Å². The molecule has 0 spiro atoms. The summed E-state index contributed by atoms with van der Waals surface area (Å²) in [5.74, 6) is -1.63. The average molecular weight is 238 g/mol. The Morgan fingerprint density at radius 3 is 2.29 bits per heavy atom. The van der Waals surface area contributed by atoms with Crippen LogP contribution in [0.5, 0.6) is 5.75 Å². The lowest BCUT2D eigenvalue weighted by Crippen LogP contribution is -2.07. The van der Waals surface area contributed by atoms with Crippen LogP contribution in [0.3, 0.4) is 0 Å². The highest BCUT2D eigenvalue weighted by Crippen LogP contribution is 2.27. The van der Waals surface area contributed by atoms with Crippen molar-refractivity contribution >= 4 is 16.7 Å². The molecular formula is C12H8F2O3. The molecule has 0 saturated heterocycles. The van der Waals surface area contributed by atoms with Crippen molar-refractivity contribution < 1.29 is 23.4 Å². The van der Waals surface area contributed by atoms with Gasteiger partial charge in [-0.1, -0.05) is 24.3 Å². The second-order valence-corrected chi connectivity index (χ2v) is 3.38. The first-order valence-corrected chi connectivity index (χ1v) is 4.79. The van der Waals surface area contributed by atoms with E-state index in [4.69, 9.17) is 5.11 Å². The maximum absolute atomic E-state index is 12.1. The zero-order valence-corrected chi connectivity index (χ0v) is 8.56. The topological polar surface area (TPSA) is 46.5 Å². The third-order valence-corrected chi connectivity index (χ3v) is 2.29. The smallest absolute Gasteiger partial charge is 0.387 e. The number of rotatable bonds is 3. The van der Waals surface area contributed by atoms with E-state index in [1.54, 1.807) is 24.3 Å². The van der Waals surface area contributed by atoms with E-state index in [-0.39, 0.29) is 11.3 Å². The van der Waals surface area contributed by atoms with Gasteiger partial charge >= 0.3 is 12.6 Å². The summed E-state index contributed by atoms with van der Waals surface area (Å²) in [6.45, 7) is -3.05. The second kappa shape index (κ2) is 4.37. The van der Waals surface area contributed by atoms with Crippen molar-refractivity contribution in [2.75, 3.05) is 0 Å². The number of carboxylic acids is 1. The SMILES string of the molecule is O=C(O)c1cc2ccccc2cc1OC(F)F. The Bertz CT molecular complexity index is 567. The maximum Gasteiger partial charge on any atom is 0.387 e. The second-order valence-electron chi connectivity index (χ2n) is 3.38. The van der Waals surface area contributed by atoms with Crippen LogP contribution in [-0.4, -0.2) is 17.7 Å². The fraction of sp³-hybridized carbons (Fsp3) is 0.0833. The highest BCUT2D eigenvalue weighted by atomic mass is 19.3. The molecule has 88 valence electrons. The van der Waals surface area contributed by atoms with Crippen LogP contribution < -0.4 is 4.74 Å². The Morgan fingerprint density at radius 1 is 1.18 bits per heavy atom. The summed E-state index contributed by atoms with van der Waals surface area (Å²) in [5.41, 5.74) is -0.274. The number of carboxylic acid groups (broad SMARTS) is 1. The molecule has 2 aromatic carbocycles. The molecule has 0 aliphatic rings. The van der Waals surface area contributed by atoms with Gasteiger partial charge in [0.2, 0.25) is 0 Å². The number of hydrogen-bond acceptors (Lipinski definition) is 2. The van der Waals surface area contributed by atoms with Gasteiger partial charge in [-0.15, -0.1) is 0 Å². The first-order chi connectivity index (χ1) is 8.08. The van der Waals surface area contributed by atoms with Gasteiger partial charge in [-0.05, 0) is 22.9 Å². The average Bonchev–Trinajstić information content (AvgIpc) is 2.27. The minimum atomic E-state index is -3.05. The van der Waals surface area contributed by atoms with Crippen LogP contribution in [0.4, 0.5) is 8.78 Å². The number of aromatic carboxylic acids is 1. The van der Waals surface area contributed by atoms with Crippen LogP contribution >= 0.6 is 0 Å². The molecule has 3 nitrogen and oxygen atoms in total. The Balaban J connectivity index is 2.62. The molecule has 0 bridgehead atoms. The highest BCUT2D eigenvalue weighted by Gasteiger charge is 2.16. The molecule has 17 heavy (non-hydrogen) atoms. The number of ether oxygens (including phenoxy) is 1. The van der Waals surface area contributed by atoms with Gasteiger partial charge in [-0.25, -0.2) is 4.79 Å². The molecule has 0 aliphatic carbocycles. The number of alkyl halides is 2. The monoisotopic (exact) mass is 238 g/mol. The third kappa shape index (κ3) is 2.33. The third-order valence-electron chi connectivity index (χ3n) is 2.29. The van der Waals surface area contributed by atoms with E-state index in [0.29, 0.717) is 10.8 Å². The first kappa shape index (κ1) is 11.3. The minimum Gasteiger partial charge on any atom is -0.478 e. The van der Waals surface area contributed by atoms with Gasteiger partial charge < -0.3 is 9.84 Å². The molecule has 0 aromatic heterocycles. The van der Waals surface area contributed by atoms with Crippen LogP contribution in [0, 0.1) is 0 Å². The quantitative estimate of drug-likeness (QED) is 0.893. The zero-order chi connectivity index (χ0) is 12.4. The molecule has 0 heterocycles. The van der Waals surface area contributed by atoms with Crippen molar-refractivity contribution in [3.63, 3.8) is 0 Å². The Kier molecular flexibility index (Phi) is 2.91. The van der Waals surface area contributed by atoms with Crippen molar-refractivity contribution in [1.82, 2.24) is 0 Å². The summed E-state index contributed by atoms with van der Waals surface area (Å²) >= 11 is 0. The van der Waals surface area contributed by atoms with Gasteiger partial charge in [0.25, 0.3) is 0 Å². The van der Waals surface area contributed by atoms with E-state index in [2.05, 4.69) is 4.74 Å². The van der Waals surface area contributed by atoms with Crippen molar-refractivity contribution in [3.05, 3.63) is 42.0 Å². The fourth-order valence-corrected chi connectivity index (χ4v) is 1.58. The molecule has 0 saturated carbocycles. The van der Waals surface area contributed by atoms with E-state index >= 15 is 0 Å². The maximum atomic E-state index is 12.1.